The Kier molecular flexibility index (Phi) is 5.97. The second-order valence-corrected chi connectivity index (χ2v) is 7.50. The number of hydrogen-bond donors (Lipinski definition) is 3. The maximum atomic E-state index is 3.78. The maximum Gasteiger partial charge on any atom is 0.0515 e. The van der Waals surface area contributed by atoms with Crippen LogP contribution in [0.5, 0.6) is 0 Å². The number of hydrazine groups is 1. The zero-order valence-electron chi connectivity index (χ0n) is 15.4. The van der Waals surface area contributed by atoms with Crippen molar-refractivity contribution in [1.29, 1.82) is 0 Å². The van der Waals surface area contributed by atoms with Crippen molar-refractivity contribution in [3.8, 4) is 0 Å². The quantitative estimate of drug-likeness (QED) is 0.718. The van der Waals surface area contributed by atoms with Gasteiger partial charge in [-0.3, -0.25) is 10.3 Å². The van der Waals surface area contributed by atoms with Crippen LogP contribution in [0, 0.1) is 5.92 Å². The van der Waals surface area contributed by atoms with Crippen LogP contribution in [-0.4, -0.2) is 37.6 Å². The molecule has 2 aliphatic heterocycles. The van der Waals surface area contributed by atoms with Gasteiger partial charge in [0, 0.05) is 31.6 Å². The Hall–Kier alpha value is -1.72. The van der Waals surface area contributed by atoms with Crippen molar-refractivity contribution < 1.29 is 0 Å². The number of nitrogens with one attached hydrogen (secondary N) is 3. The van der Waals surface area contributed by atoms with Gasteiger partial charge in [0.2, 0.25) is 0 Å². The molecule has 2 aromatic carbocycles. The lowest BCUT2D eigenvalue weighted by Crippen LogP contribution is -2.37. The minimum absolute atomic E-state index is 0.380. The van der Waals surface area contributed by atoms with Gasteiger partial charge >= 0.3 is 0 Å². The fourth-order valence-electron chi connectivity index (χ4n) is 4.33. The van der Waals surface area contributed by atoms with E-state index in [0.29, 0.717) is 18.0 Å². The molecule has 4 heteroatoms. The van der Waals surface area contributed by atoms with E-state index in [1.807, 2.05) is 0 Å². The first-order chi connectivity index (χ1) is 12.9. The van der Waals surface area contributed by atoms with E-state index >= 15 is 0 Å². The first-order valence-corrected chi connectivity index (χ1v) is 9.95. The first kappa shape index (κ1) is 17.7. The van der Waals surface area contributed by atoms with Crippen molar-refractivity contribution in [2.45, 2.75) is 24.9 Å². The Balaban J connectivity index is 1.37. The predicted molar refractivity (Wildman–Crippen MR) is 107 cm³/mol. The average Bonchev–Trinajstić information content (AvgIpc) is 3.39. The highest BCUT2D eigenvalue weighted by Crippen LogP contribution is 2.26. The van der Waals surface area contributed by atoms with Gasteiger partial charge in [-0.25, -0.2) is 5.43 Å². The molecule has 0 aliphatic carbocycles. The van der Waals surface area contributed by atoms with Gasteiger partial charge in [-0.15, -0.1) is 0 Å². The first-order valence-electron chi connectivity index (χ1n) is 9.95. The Morgan fingerprint density at radius 1 is 0.962 bits per heavy atom. The van der Waals surface area contributed by atoms with Gasteiger partial charge in [0.05, 0.1) is 6.04 Å². The summed E-state index contributed by atoms with van der Waals surface area (Å²) in [7, 11) is 0. The van der Waals surface area contributed by atoms with Gasteiger partial charge in [0.15, 0.2) is 0 Å². The molecule has 0 radical (unpaired) electrons. The fraction of sp³-hybridized carbons (Fsp3) is 0.455. The molecule has 0 spiro atoms. The SMILES string of the molecule is c1ccc(C2NNCC2CNCC(c2ccccc2)N2CCCC2)cc1. The van der Waals surface area contributed by atoms with Gasteiger partial charge in [0.25, 0.3) is 0 Å². The number of hydrogen-bond acceptors (Lipinski definition) is 4. The Bertz CT molecular complexity index is 654. The van der Waals surface area contributed by atoms with Crippen LogP contribution in [0.4, 0.5) is 0 Å². The molecule has 138 valence electrons. The second-order valence-electron chi connectivity index (χ2n) is 7.50. The molecule has 2 aromatic rings. The number of rotatable bonds is 7. The zero-order chi connectivity index (χ0) is 17.6. The molecule has 2 saturated heterocycles. The molecule has 2 aliphatic rings. The molecular formula is C22H30N4. The molecule has 0 saturated carbocycles. The van der Waals surface area contributed by atoms with Crippen LogP contribution in [-0.2, 0) is 0 Å². The number of likely N-dealkylation sites (tertiary alicyclic amines) is 1. The molecule has 2 heterocycles. The normalized spacial score (nSPS) is 24.8. The van der Waals surface area contributed by atoms with E-state index in [1.165, 1.54) is 37.1 Å². The van der Waals surface area contributed by atoms with Crippen LogP contribution >= 0.6 is 0 Å². The summed E-state index contributed by atoms with van der Waals surface area (Å²) in [6.07, 6.45) is 2.66. The summed E-state index contributed by atoms with van der Waals surface area (Å²) in [5, 5.41) is 3.78. The average molecular weight is 351 g/mol. The number of benzene rings is 2. The van der Waals surface area contributed by atoms with Crippen LogP contribution in [0.3, 0.4) is 0 Å². The minimum Gasteiger partial charge on any atom is -0.314 e. The van der Waals surface area contributed by atoms with E-state index in [-0.39, 0.29) is 0 Å². The largest absolute Gasteiger partial charge is 0.314 e. The molecule has 2 fully saturated rings. The van der Waals surface area contributed by atoms with Gasteiger partial charge in [-0.2, -0.15) is 0 Å². The molecule has 0 aromatic heterocycles. The molecule has 3 N–H and O–H groups in total. The molecule has 26 heavy (non-hydrogen) atoms. The lowest BCUT2D eigenvalue weighted by Gasteiger charge is -2.29. The lowest BCUT2D eigenvalue weighted by molar-refractivity contribution is 0.235. The molecular weight excluding hydrogens is 320 g/mol. The molecule has 4 nitrogen and oxygen atoms in total. The third kappa shape index (κ3) is 4.15. The van der Waals surface area contributed by atoms with Crippen molar-refractivity contribution in [2.24, 2.45) is 5.92 Å². The van der Waals surface area contributed by atoms with E-state index in [0.717, 1.165) is 19.6 Å². The highest BCUT2D eigenvalue weighted by molar-refractivity contribution is 5.21. The van der Waals surface area contributed by atoms with Crippen molar-refractivity contribution in [1.82, 2.24) is 21.1 Å². The van der Waals surface area contributed by atoms with Gasteiger partial charge in [-0.05, 0) is 37.1 Å². The summed E-state index contributed by atoms with van der Waals surface area (Å²) in [5.41, 5.74) is 9.59. The highest BCUT2D eigenvalue weighted by Gasteiger charge is 2.29. The van der Waals surface area contributed by atoms with E-state index in [1.54, 1.807) is 0 Å². The van der Waals surface area contributed by atoms with Crippen molar-refractivity contribution in [3.63, 3.8) is 0 Å². The van der Waals surface area contributed by atoms with E-state index in [2.05, 4.69) is 81.7 Å². The van der Waals surface area contributed by atoms with Crippen LogP contribution in [0.25, 0.3) is 0 Å². The minimum atomic E-state index is 0.380. The highest BCUT2D eigenvalue weighted by atomic mass is 15.4. The van der Waals surface area contributed by atoms with E-state index in [4.69, 9.17) is 0 Å². The summed E-state index contributed by atoms with van der Waals surface area (Å²) in [4.78, 5) is 2.64. The van der Waals surface area contributed by atoms with Gasteiger partial charge in [-0.1, -0.05) is 60.7 Å². The van der Waals surface area contributed by atoms with Crippen molar-refractivity contribution in [3.05, 3.63) is 71.8 Å². The topological polar surface area (TPSA) is 39.3 Å². The van der Waals surface area contributed by atoms with Crippen molar-refractivity contribution in [2.75, 3.05) is 32.7 Å². The Labute approximate surface area is 157 Å². The predicted octanol–water partition coefficient (Wildman–Crippen LogP) is 2.88. The summed E-state index contributed by atoms with van der Waals surface area (Å²) in [6.45, 7) is 5.49. The summed E-state index contributed by atoms with van der Waals surface area (Å²) < 4.78 is 0. The maximum absolute atomic E-state index is 3.78. The Morgan fingerprint density at radius 2 is 1.65 bits per heavy atom. The molecule has 0 amide bonds. The molecule has 3 atom stereocenters. The van der Waals surface area contributed by atoms with Crippen LogP contribution in [0.2, 0.25) is 0 Å². The van der Waals surface area contributed by atoms with Crippen LogP contribution in [0.1, 0.15) is 36.1 Å². The molecule has 4 rings (SSSR count). The summed E-state index contributed by atoms with van der Waals surface area (Å²) >= 11 is 0. The standard InChI is InChI=1S/C22H30N4/c1-3-9-18(10-4-1)21(26-13-7-8-14-26)17-23-15-20-16-24-25-22(20)19-11-5-2-6-12-19/h1-6,9-12,20-25H,7-8,13-17H2. The zero-order valence-corrected chi connectivity index (χ0v) is 15.4. The van der Waals surface area contributed by atoms with Crippen molar-refractivity contribution >= 4 is 0 Å². The summed E-state index contributed by atoms with van der Waals surface area (Å²) in [5.74, 6) is 0.562. The van der Waals surface area contributed by atoms with Crippen LogP contribution in [0.15, 0.2) is 60.7 Å². The van der Waals surface area contributed by atoms with Gasteiger partial charge in [0.1, 0.15) is 0 Å². The fourth-order valence-corrected chi connectivity index (χ4v) is 4.33. The van der Waals surface area contributed by atoms with Gasteiger partial charge < -0.3 is 5.32 Å². The monoisotopic (exact) mass is 350 g/mol. The molecule has 0 bridgehead atoms. The third-order valence-electron chi connectivity index (χ3n) is 5.76. The smallest absolute Gasteiger partial charge is 0.0515 e. The number of nitrogens with zero attached hydrogens (tertiary/aromatic N) is 1. The van der Waals surface area contributed by atoms with Crippen LogP contribution < -0.4 is 16.2 Å². The van der Waals surface area contributed by atoms with E-state index < -0.39 is 0 Å². The molecule has 3 unspecified atom stereocenters. The van der Waals surface area contributed by atoms with E-state index in [9.17, 15) is 0 Å². The third-order valence-corrected chi connectivity index (χ3v) is 5.76. The second kappa shape index (κ2) is 8.78. The summed E-state index contributed by atoms with van der Waals surface area (Å²) in [6, 6.07) is 22.6. The lowest BCUT2D eigenvalue weighted by atomic mass is 9.95. The Morgan fingerprint density at radius 3 is 2.38 bits per heavy atom.